The van der Waals surface area contributed by atoms with Crippen LogP contribution in [0.1, 0.15) is 427 Å². The van der Waals surface area contributed by atoms with E-state index < -0.39 is 97.5 Å². The molecule has 7 atom stereocenters. The van der Waals surface area contributed by atoms with E-state index in [1.165, 1.54) is 231 Å². The lowest BCUT2D eigenvalue weighted by atomic mass is 9.99. The first-order chi connectivity index (χ1) is 48.8. The van der Waals surface area contributed by atoms with Crippen LogP contribution in [0.3, 0.4) is 0 Å². The molecule has 0 heterocycles. The van der Waals surface area contributed by atoms with E-state index >= 15 is 0 Å². The molecule has 0 aliphatic rings. The highest BCUT2D eigenvalue weighted by Crippen LogP contribution is 2.45. The molecule has 0 spiro atoms. The van der Waals surface area contributed by atoms with Crippen molar-refractivity contribution in [3.8, 4) is 0 Å². The Balaban J connectivity index is 5.21. The second-order valence-corrected chi connectivity index (χ2v) is 33.4. The summed E-state index contributed by atoms with van der Waals surface area (Å²) in [6.45, 7) is 11.9. The van der Waals surface area contributed by atoms with Gasteiger partial charge >= 0.3 is 39.5 Å². The molecule has 0 saturated heterocycles. The molecule has 0 rings (SSSR count). The number of unbranched alkanes of at least 4 members (excludes halogenated alkanes) is 46. The Morgan fingerprint density at radius 2 is 0.505 bits per heavy atom. The molecule has 3 N–H and O–H groups in total. The summed E-state index contributed by atoms with van der Waals surface area (Å²) in [7, 11) is -9.92. The van der Waals surface area contributed by atoms with Gasteiger partial charge in [0.1, 0.15) is 19.3 Å². The summed E-state index contributed by atoms with van der Waals surface area (Å²) >= 11 is 0. The Labute approximate surface area is 619 Å². The van der Waals surface area contributed by atoms with Gasteiger partial charge in [0, 0.05) is 25.7 Å². The van der Waals surface area contributed by atoms with E-state index in [9.17, 15) is 43.2 Å². The van der Waals surface area contributed by atoms with Gasteiger partial charge in [0.25, 0.3) is 0 Å². The molecule has 0 aliphatic heterocycles. The topological polar surface area (TPSA) is 237 Å². The van der Waals surface area contributed by atoms with E-state index in [4.69, 9.17) is 37.0 Å². The molecule has 0 aromatic rings. The van der Waals surface area contributed by atoms with E-state index in [-0.39, 0.29) is 25.7 Å². The van der Waals surface area contributed by atoms with Crippen molar-refractivity contribution in [2.24, 2.45) is 17.8 Å². The van der Waals surface area contributed by atoms with Crippen LogP contribution in [0.5, 0.6) is 0 Å². The van der Waals surface area contributed by atoms with Gasteiger partial charge in [-0.2, -0.15) is 0 Å². The number of phosphoric acid groups is 2. The van der Waals surface area contributed by atoms with Gasteiger partial charge in [0.05, 0.1) is 26.4 Å². The number of carbonyl (C=O) groups excluding carboxylic acids is 4. The van der Waals surface area contributed by atoms with Gasteiger partial charge < -0.3 is 33.8 Å². The van der Waals surface area contributed by atoms with E-state index in [1.54, 1.807) is 0 Å². The Morgan fingerprint density at radius 3 is 0.752 bits per heavy atom. The molecule has 0 saturated carbocycles. The molecule has 0 fully saturated rings. The molecule has 0 bridgehead atoms. The maximum absolute atomic E-state index is 13.1. The number of esters is 4. The molecule has 4 unspecified atom stereocenters. The van der Waals surface area contributed by atoms with Gasteiger partial charge in [-0.3, -0.25) is 37.3 Å². The normalized spacial score (nSPS) is 14.5. The lowest BCUT2D eigenvalue weighted by molar-refractivity contribution is -0.161. The minimum Gasteiger partial charge on any atom is -0.462 e. The lowest BCUT2D eigenvalue weighted by Crippen LogP contribution is -2.30. The summed E-state index contributed by atoms with van der Waals surface area (Å²) in [4.78, 5) is 73.0. The SMILES string of the molecule is CCCCCCCCCCCCCCCCCCCC(=O)OC[C@H](COP(=O)(O)OC[C@@H](O)COP(=O)(O)OC[C@@H](COC(=O)CCCCCCCCC(C)CC)OC(=O)CCCCCCCCCCCC(C)C)OC(=O)CCCCCCCCCCCCCCCCCCCCC(C)CC. The van der Waals surface area contributed by atoms with Gasteiger partial charge in [-0.1, -0.05) is 376 Å². The second-order valence-electron chi connectivity index (χ2n) is 30.5. The Kier molecular flexibility index (Phi) is 70.9. The van der Waals surface area contributed by atoms with Crippen molar-refractivity contribution in [2.45, 2.75) is 446 Å². The van der Waals surface area contributed by atoms with Gasteiger partial charge in [-0.05, 0) is 43.4 Å². The van der Waals surface area contributed by atoms with Crippen LogP contribution < -0.4 is 0 Å². The summed E-state index contributed by atoms with van der Waals surface area (Å²) in [6, 6.07) is 0. The van der Waals surface area contributed by atoms with Crippen molar-refractivity contribution >= 4 is 39.5 Å². The zero-order chi connectivity index (χ0) is 74.4. The molecule has 0 aromatic heterocycles. The van der Waals surface area contributed by atoms with Crippen LogP contribution in [-0.2, 0) is 65.4 Å². The third-order valence-electron chi connectivity index (χ3n) is 19.9. The summed E-state index contributed by atoms with van der Waals surface area (Å²) in [5.41, 5.74) is 0. The number of rotatable bonds is 80. The Bertz CT molecular complexity index is 1960. The van der Waals surface area contributed by atoms with Crippen molar-refractivity contribution in [1.82, 2.24) is 0 Å². The Morgan fingerprint density at radius 1 is 0.287 bits per heavy atom. The lowest BCUT2D eigenvalue weighted by Gasteiger charge is -2.21. The molecule has 0 aliphatic carbocycles. The molecular weight excluding hydrogens is 1320 g/mol. The molecule has 0 radical (unpaired) electrons. The van der Waals surface area contributed by atoms with E-state index in [2.05, 4.69) is 48.5 Å². The smallest absolute Gasteiger partial charge is 0.462 e. The zero-order valence-electron chi connectivity index (χ0n) is 66.4. The minimum absolute atomic E-state index is 0.104. The highest BCUT2D eigenvalue weighted by atomic mass is 31.2. The number of ether oxygens (including phenoxy) is 4. The molecular formula is C82H160O17P2. The third-order valence-corrected chi connectivity index (χ3v) is 21.8. The summed E-state index contributed by atoms with van der Waals surface area (Å²) in [5, 5.41) is 10.6. The standard InChI is InChI=1S/C82H160O17P2/c1-8-11-12-13-14-15-16-17-18-21-25-28-31-36-41-49-56-63-79(84)92-69-77(98-81(86)65-58-51-42-37-32-29-26-23-20-19-22-24-27-30-35-40-47-54-61-74(6)9-2)71-96-100(88,89)94-67-76(83)68-95-101(90,91)97-72-78(70-93-80(85)64-57-50-45-44-48-55-62-75(7)10-3)99-82(87)66-59-52-43-38-33-34-39-46-53-60-73(4)5/h73-78,83H,8-72H2,1-7H3,(H,88,89)(H,90,91)/t74?,75?,76-,77-,78-/m1/s1. The van der Waals surface area contributed by atoms with Crippen molar-refractivity contribution in [1.29, 1.82) is 0 Å². The van der Waals surface area contributed by atoms with Gasteiger partial charge in [0.2, 0.25) is 0 Å². The molecule has 600 valence electrons. The zero-order valence-corrected chi connectivity index (χ0v) is 68.2. The van der Waals surface area contributed by atoms with Crippen molar-refractivity contribution < 1.29 is 80.2 Å². The number of hydrogen-bond acceptors (Lipinski definition) is 15. The number of carbonyl (C=O) groups is 4. The summed E-state index contributed by atoms with van der Waals surface area (Å²) in [5.74, 6) is 0.226. The Hall–Kier alpha value is -1.94. The molecule has 101 heavy (non-hydrogen) atoms. The van der Waals surface area contributed by atoms with Crippen LogP contribution in [0.15, 0.2) is 0 Å². The van der Waals surface area contributed by atoms with Crippen LogP contribution in [0.4, 0.5) is 0 Å². The first-order valence-electron chi connectivity index (χ1n) is 42.4. The van der Waals surface area contributed by atoms with Crippen LogP contribution >= 0.6 is 15.6 Å². The predicted molar refractivity (Wildman–Crippen MR) is 414 cm³/mol. The van der Waals surface area contributed by atoms with Gasteiger partial charge in [0.15, 0.2) is 12.2 Å². The van der Waals surface area contributed by atoms with Crippen LogP contribution in [0.2, 0.25) is 0 Å². The predicted octanol–water partition coefficient (Wildman–Crippen LogP) is 24.5. The van der Waals surface area contributed by atoms with Crippen molar-refractivity contribution in [3.05, 3.63) is 0 Å². The highest BCUT2D eigenvalue weighted by molar-refractivity contribution is 7.47. The van der Waals surface area contributed by atoms with Crippen LogP contribution in [-0.4, -0.2) is 96.7 Å². The number of aliphatic hydroxyl groups excluding tert-OH is 1. The second kappa shape index (κ2) is 72.3. The molecule has 0 aromatic carbocycles. The van der Waals surface area contributed by atoms with Crippen LogP contribution in [0, 0.1) is 17.8 Å². The fourth-order valence-electron chi connectivity index (χ4n) is 12.6. The fourth-order valence-corrected chi connectivity index (χ4v) is 14.2. The van der Waals surface area contributed by atoms with Crippen molar-refractivity contribution in [2.75, 3.05) is 39.6 Å². The van der Waals surface area contributed by atoms with Crippen LogP contribution in [0.25, 0.3) is 0 Å². The minimum atomic E-state index is -4.96. The van der Waals surface area contributed by atoms with E-state index in [0.717, 1.165) is 114 Å². The molecule has 19 heteroatoms. The summed E-state index contributed by atoms with van der Waals surface area (Å²) < 4.78 is 68.7. The molecule has 0 amide bonds. The van der Waals surface area contributed by atoms with Crippen molar-refractivity contribution in [3.63, 3.8) is 0 Å². The fraction of sp³-hybridized carbons (Fsp3) is 0.951. The maximum atomic E-state index is 13.1. The van der Waals surface area contributed by atoms with Gasteiger partial charge in [-0.25, -0.2) is 9.13 Å². The largest absolute Gasteiger partial charge is 0.472 e. The number of aliphatic hydroxyl groups is 1. The van der Waals surface area contributed by atoms with E-state index in [0.29, 0.717) is 25.7 Å². The summed E-state index contributed by atoms with van der Waals surface area (Å²) in [6.07, 6.45) is 61.2. The first-order valence-corrected chi connectivity index (χ1v) is 45.4. The molecule has 17 nitrogen and oxygen atoms in total. The third kappa shape index (κ3) is 73.4. The highest BCUT2D eigenvalue weighted by Gasteiger charge is 2.30. The number of phosphoric ester groups is 2. The average Bonchev–Trinajstić information content (AvgIpc) is 1.04. The average molecular weight is 1480 g/mol. The number of hydrogen-bond donors (Lipinski definition) is 3. The monoisotopic (exact) mass is 1480 g/mol. The first kappa shape index (κ1) is 99.1. The quantitative estimate of drug-likeness (QED) is 0.0222. The van der Waals surface area contributed by atoms with E-state index in [1.807, 2.05) is 0 Å². The maximum Gasteiger partial charge on any atom is 0.472 e. The van der Waals surface area contributed by atoms with Gasteiger partial charge in [-0.15, -0.1) is 0 Å².